The first-order chi connectivity index (χ1) is 7.68. The molecule has 0 spiro atoms. The Morgan fingerprint density at radius 1 is 1.56 bits per heavy atom. The molecule has 0 aliphatic rings. The van der Waals surface area contributed by atoms with Crippen molar-refractivity contribution < 1.29 is 9.90 Å². The average Bonchev–Trinajstić information content (AvgIpc) is 2.84. The van der Waals surface area contributed by atoms with Crippen LogP contribution in [0.2, 0.25) is 0 Å². The number of halogens is 1. The quantitative estimate of drug-likeness (QED) is 0.804. The van der Waals surface area contributed by atoms with Crippen molar-refractivity contribution in [2.24, 2.45) is 0 Å². The Balaban J connectivity index is 2.21. The molecular weight excluding hydrogens is 274 g/mol. The first-order valence-corrected chi connectivity index (χ1v) is 5.55. The predicted molar refractivity (Wildman–Crippen MR) is 62.0 cm³/mol. The zero-order chi connectivity index (χ0) is 11.5. The normalized spacial score (nSPS) is 10.6. The van der Waals surface area contributed by atoms with Gasteiger partial charge in [-0.15, -0.1) is 0 Å². The third-order valence-electron chi connectivity index (χ3n) is 2.24. The highest BCUT2D eigenvalue weighted by atomic mass is 79.9. The van der Waals surface area contributed by atoms with Crippen molar-refractivity contribution in [2.75, 3.05) is 0 Å². The minimum atomic E-state index is -0.815. The van der Waals surface area contributed by atoms with Crippen LogP contribution in [0.3, 0.4) is 0 Å². The lowest BCUT2D eigenvalue weighted by Gasteiger charge is -1.95. The highest BCUT2D eigenvalue weighted by Gasteiger charge is 2.13. The number of H-pyrrole nitrogens is 2. The number of nitrogens with one attached hydrogen (secondary N) is 2. The van der Waals surface area contributed by atoms with Gasteiger partial charge in [0.15, 0.2) is 0 Å². The van der Waals surface area contributed by atoms with Gasteiger partial charge in [0.1, 0.15) is 5.69 Å². The average molecular weight is 284 g/mol. The molecule has 16 heavy (non-hydrogen) atoms. The number of rotatable bonds is 4. The monoisotopic (exact) mass is 283 g/mol. The van der Waals surface area contributed by atoms with Gasteiger partial charge < -0.3 is 10.1 Å². The summed E-state index contributed by atoms with van der Waals surface area (Å²) < 4.78 is 0.827. The van der Waals surface area contributed by atoms with Crippen LogP contribution < -0.4 is 0 Å². The van der Waals surface area contributed by atoms with E-state index in [1.807, 2.05) is 18.5 Å². The second kappa shape index (κ2) is 4.52. The van der Waals surface area contributed by atoms with Crippen molar-refractivity contribution in [2.45, 2.75) is 12.8 Å². The van der Waals surface area contributed by atoms with Crippen LogP contribution in [0.15, 0.2) is 22.9 Å². The zero-order valence-electron chi connectivity index (χ0n) is 8.33. The molecule has 0 fully saturated rings. The van der Waals surface area contributed by atoms with Gasteiger partial charge >= 0.3 is 5.97 Å². The van der Waals surface area contributed by atoms with Crippen LogP contribution >= 0.6 is 15.9 Å². The molecule has 2 rings (SSSR count). The van der Waals surface area contributed by atoms with E-state index in [2.05, 4.69) is 31.1 Å². The summed E-state index contributed by atoms with van der Waals surface area (Å²) in [4.78, 5) is 13.4. The van der Waals surface area contributed by atoms with Gasteiger partial charge in [-0.3, -0.25) is 9.89 Å². The predicted octanol–water partition coefficient (Wildman–Crippen LogP) is 2.18. The van der Waals surface area contributed by atoms with Crippen LogP contribution in [-0.4, -0.2) is 26.3 Å². The topological polar surface area (TPSA) is 81.8 Å². The molecule has 0 radical (unpaired) electrons. The molecule has 0 aliphatic carbocycles. The maximum Gasteiger partial charge on any atom is 0.303 e. The number of carboxylic acid groups (broad SMARTS) is 1. The molecule has 5 nitrogen and oxygen atoms in total. The summed E-state index contributed by atoms with van der Waals surface area (Å²) in [5.74, 6) is -0.815. The lowest BCUT2D eigenvalue weighted by molar-refractivity contribution is -0.136. The fourth-order valence-electron chi connectivity index (χ4n) is 1.42. The van der Waals surface area contributed by atoms with Gasteiger partial charge in [-0.2, -0.15) is 5.10 Å². The molecular formula is C10H10BrN3O2. The first kappa shape index (κ1) is 10.9. The van der Waals surface area contributed by atoms with E-state index in [4.69, 9.17) is 5.11 Å². The highest BCUT2D eigenvalue weighted by Crippen LogP contribution is 2.28. The number of nitrogens with zero attached hydrogens (tertiary/aromatic N) is 1. The van der Waals surface area contributed by atoms with E-state index >= 15 is 0 Å². The third-order valence-corrected chi connectivity index (χ3v) is 3.09. The number of carboxylic acids is 1. The summed E-state index contributed by atoms with van der Waals surface area (Å²) in [5, 5.41) is 15.6. The molecule has 0 aliphatic heterocycles. The van der Waals surface area contributed by atoms with Gasteiger partial charge in [0, 0.05) is 24.4 Å². The van der Waals surface area contributed by atoms with Gasteiger partial charge in [-0.05, 0) is 22.0 Å². The molecule has 0 saturated heterocycles. The smallest absolute Gasteiger partial charge is 0.303 e. The first-order valence-electron chi connectivity index (χ1n) is 4.76. The van der Waals surface area contributed by atoms with Gasteiger partial charge in [0.05, 0.1) is 16.6 Å². The molecule has 3 N–H and O–H groups in total. The Bertz CT molecular complexity index is 490. The van der Waals surface area contributed by atoms with Crippen molar-refractivity contribution in [1.82, 2.24) is 15.2 Å². The van der Waals surface area contributed by atoms with E-state index in [0.717, 1.165) is 21.4 Å². The summed E-state index contributed by atoms with van der Waals surface area (Å²) in [6.07, 6.45) is 4.18. The fraction of sp³-hybridized carbons (Fsp3) is 0.200. The number of aromatic amines is 2. The summed E-state index contributed by atoms with van der Waals surface area (Å²) in [6, 6.07) is 1.90. The molecule has 0 aromatic carbocycles. The molecule has 0 amide bonds. The maximum absolute atomic E-state index is 10.5. The Kier molecular flexibility index (Phi) is 3.09. The Morgan fingerprint density at radius 3 is 3.00 bits per heavy atom. The van der Waals surface area contributed by atoms with Crippen LogP contribution in [0.5, 0.6) is 0 Å². The van der Waals surface area contributed by atoms with E-state index < -0.39 is 5.97 Å². The summed E-state index contributed by atoms with van der Waals surface area (Å²) in [7, 11) is 0. The highest BCUT2D eigenvalue weighted by molar-refractivity contribution is 9.10. The molecule has 2 aromatic rings. The van der Waals surface area contributed by atoms with Gasteiger partial charge in [-0.25, -0.2) is 0 Å². The number of aromatic nitrogens is 3. The van der Waals surface area contributed by atoms with E-state index in [1.54, 1.807) is 0 Å². The number of carbonyl (C=O) groups is 1. The van der Waals surface area contributed by atoms with Crippen molar-refractivity contribution in [3.8, 4) is 11.3 Å². The third kappa shape index (κ3) is 2.16. The molecule has 0 saturated carbocycles. The standard InChI is InChI=1S/C10H10BrN3O2/c11-9-7(1-2-8(15)16)13-14-10(9)6-3-4-12-5-6/h3-5,12H,1-2H2,(H,13,14)(H,15,16). The van der Waals surface area contributed by atoms with Crippen LogP contribution in [0, 0.1) is 0 Å². The molecule has 84 valence electrons. The minimum absolute atomic E-state index is 0.0906. The van der Waals surface area contributed by atoms with Crippen LogP contribution in [0.1, 0.15) is 12.1 Å². The zero-order valence-corrected chi connectivity index (χ0v) is 9.91. The lowest BCUT2D eigenvalue weighted by Crippen LogP contribution is -1.98. The van der Waals surface area contributed by atoms with Gasteiger partial charge in [-0.1, -0.05) is 0 Å². The number of hydrogen-bond donors (Lipinski definition) is 3. The lowest BCUT2D eigenvalue weighted by atomic mass is 10.2. The minimum Gasteiger partial charge on any atom is -0.481 e. The Morgan fingerprint density at radius 2 is 2.38 bits per heavy atom. The van der Waals surface area contributed by atoms with Crippen LogP contribution in [0.4, 0.5) is 0 Å². The van der Waals surface area contributed by atoms with Gasteiger partial charge in [0.2, 0.25) is 0 Å². The SMILES string of the molecule is O=C(O)CCc1[nH]nc(-c2cc[nH]c2)c1Br. The van der Waals surface area contributed by atoms with E-state index in [9.17, 15) is 4.79 Å². The van der Waals surface area contributed by atoms with Crippen molar-refractivity contribution in [1.29, 1.82) is 0 Å². The molecule has 6 heteroatoms. The second-order valence-electron chi connectivity index (χ2n) is 3.36. The van der Waals surface area contributed by atoms with E-state index in [0.29, 0.717) is 6.42 Å². The number of aryl methyl sites for hydroxylation is 1. The van der Waals surface area contributed by atoms with Crippen molar-refractivity contribution in [3.05, 3.63) is 28.6 Å². The Hall–Kier alpha value is -1.56. The molecule has 2 heterocycles. The summed E-state index contributed by atoms with van der Waals surface area (Å²) >= 11 is 3.42. The number of aliphatic carboxylic acids is 1. The summed E-state index contributed by atoms with van der Waals surface area (Å²) in [5.41, 5.74) is 2.56. The van der Waals surface area contributed by atoms with E-state index in [1.165, 1.54) is 0 Å². The fourth-order valence-corrected chi connectivity index (χ4v) is 2.03. The largest absolute Gasteiger partial charge is 0.481 e. The summed E-state index contributed by atoms with van der Waals surface area (Å²) in [6.45, 7) is 0. The molecule has 0 bridgehead atoms. The molecule has 0 atom stereocenters. The maximum atomic E-state index is 10.5. The number of hydrogen-bond acceptors (Lipinski definition) is 2. The second-order valence-corrected chi connectivity index (χ2v) is 4.15. The van der Waals surface area contributed by atoms with Crippen molar-refractivity contribution >= 4 is 21.9 Å². The Labute approximate surface area is 100 Å². The van der Waals surface area contributed by atoms with Gasteiger partial charge in [0.25, 0.3) is 0 Å². The van der Waals surface area contributed by atoms with Crippen molar-refractivity contribution in [3.63, 3.8) is 0 Å². The van der Waals surface area contributed by atoms with E-state index in [-0.39, 0.29) is 6.42 Å². The molecule has 2 aromatic heterocycles. The van der Waals surface area contributed by atoms with Crippen LogP contribution in [-0.2, 0) is 11.2 Å². The molecule has 0 unspecified atom stereocenters. The van der Waals surface area contributed by atoms with Crippen LogP contribution in [0.25, 0.3) is 11.3 Å².